The van der Waals surface area contributed by atoms with Gasteiger partial charge in [-0.2, -0.15) is 23.1 Å². The maximum absolute atomic E-state index is 12.8. The first kappa shape index (κ1) is 19.3. The molecule has 0 spiro atoms. The van der Waals surface area contributed by atoms with E-state index < -0.39 is 11.7 Å². The average Bonchev–Trinajstić information content (AvgIpc) is 3.34. The number of aromatic nitrogens is 4. The number of para-hydroxylation sites is 2. The van der Waals surface area contributed by atoms with Gasteiger partial charge in [0.25, 0.3) is 0 Å². The molecule has 5 rings (SSSR count). The van der Waals surface area contributed by atoms with Crippen LogP contribution in [0.1, 0.15) is 31.2 Å². The Labute approximate surface area is 176 Å². The van der Waals surface area contributed by atoms with Crippen LogP contribution in [0.5, 0.6) is 0 Å². The Hall–Kier alpha value is -3.62. The first-order chi connectivity index (χ1) is 14.7. The zero-order valence-electron chi connectivity index (χ0n) is 16.6. The summed E-state index contributed by atoms with van der Waals surface area (Å²) >= 11 is 0. The van der Waals surface area contributed by atoms with E-state index in [9.17, 15) is 13.2 Å². The Balaban J connectivity index is 1.56. The Bertz CT molecular complexity index is 1270. The van der Waals surface area contributed by atoms with Crippen LogP contribution in [0.25, 0.3) is 17.0 Å². The number of alkyl halides is 3. The van der Waals surface area contributed by atoms with Crippen molar-refractivity contribution in [2.75, 3.05) is 11.1 Å². The third-order valence-corrected chi connectivity index (χ3v) is 5.52. The summed E-state index contributed by atoms with van der Waals surface area (Å²) in [5.41, 5.74) is 7.46. The molecule has 0 unspecified atom stereocenters. The second-order valence-corrected chi connectivity index (χ2v) is 8.00. The number of halogens is 3. The molecule has 6 nitrogen and oxygen atoms in total. The number of nitrogens with two attached hydrogens (primary N) is 1. The van der Waals surface area contributed by atoms with Gasteiger partial charge in [-0.25, -0.2) is 4.98 Å². The SMILES string of the molecule is CC1(c2nc3ccccc3n2-c2nc(N)cc(Nc3ccc(C(F)(F)F)cc3)n2)CC1. The molecule has 1 aliphatic rings. The quantitative estimate of drug-likeness (QED) is 0.470. The fraction of sp³-hybridized carbons (Fsp3) is 0.227. The molecule has 9 heteroatoms. The number of hydrogen-bond donors (Lipinski definition) is 2. The summed E-state index contributed by atoms with van der Waals surface area (Å²) in [6.07, 6.45) is -2.34. The predicted octanol–water partition coefficient (Wildman–Crippen LogP) is 5.21. The molecular weight excluding hydrogens is 405 g/mol. The van der Waals surface area contributed by atoms with Gasteiger partial charge < -0.3 is 11.1 Å². The van der Waals surface area contributed by atoms with Gasteiger partial charge in [0.2, 0.25) is 5.95 Å². The van der Waals surface area contributed by atoms with Gasteiger partial charge in [0.15, 0.2) is 0 Å². The molecule has 2 heterocycles. The molecule has 0 atom stereocenters. The van der Waals surface area contributed by atoms with Crippen molar-refractivity contribution in [1.29, 1.82) is 0 Å². The summed E-state index contributed by atoms with van der Waals surface area (Å²) in [6.45, 7) is 2.15. The first-order valence-electron chi connectivity index (χ1n) is 9.80. The lowest BCUT2D eigenvalue weighted by Crippen LogP contribution is -2.14. The van der Waals surface area contributed by atoms with Crippen molar-refractivity contribution in [3.8, 4) is 5.95 Å². The van der Waals surface area contributed by atoms with Crippen molar-refractivity contribution in [2.24, 2.45) is 0 Å². The van der Waals surface area contributed by atoms with E-state index in [4.69, 9.17) is 10.7 Å². The van der Waals surface area contributed by atoms with Gasteiger partial charge in [-0.3, -0.25) is 4.57 Å². The van der Waals surface area contributed by atoms with Gasteiger partial charge in [-0.15, -0.1) is 0 Å². The molecule has 31 heavy (non-hydrogen) atoms. The molecular formula is C22H19F3N6. The van der Waals surface area contributed by atoms with Crippen LogP contribution in [0.15, 0.2) is 54.6 Å². The van der Waals surface area contributed by atoms with Crippen LogP contribution < -0.4 is 11.1 Å². The molecule has 0 saturated heterocycles. The van der Waals surface area contributed by atoms with Gasteiger partial charge in [0.05, 0.1) is 16.6 Å². The number of nitrogens with zero attached hydrogens (tertiary/aromatic N) is 4. The average molecular weight is 424 g/mol. The van der Waals surface area contributed by atoms with Crippen LogP contribution >= 0.6 is 0 Å². The summed E-state index contributed by atoms with van der Waals surface area (Å²) in [4.78, 5) is 13.8. The second-order valence-electron chi connectivity index (χ2n) is 8.00. The lowest BCUT2D eigenvalue weighted by molar-refractivity contribution is -0.137. The number of fused-ring (bicyclic) bond motifs is 1. The Morgan fingerprint density at radius 1 is 1.00 bits per heavy atom. The number of nitrogens with one attached hydrogen (secondary N) is 1. The standard InChI is InChI=1S/C22H19F3N6/c1-21(10-11-21)19-28-15-4-2-3-5-16(15)31(19)20-29-17(26)12-18(30-20)27-14-8-6-13(7-9-14)22(23,24)25/h2-9,12H,10-11H2,1H3,(H3,26,27,29,30). The van der Waals surface area contributed by atoms with E-state index in [1.807, 2.05) is 28.8 Å². The minimum absolute atomic E-state index is 0.0476. The highest BCUT2D eigenvalue weighted by molar-refractivity contribution is 5.78. The van der Waals surface area contributed by atoms with Gasteiger partial charge >= 0.3 is 6.18 Å². The summed E-state index contributed by atoms with van der Waals surface area (Å²) in [7, 11) is 0. The number of anilines is 3. The van der Waals surface area contributed by atoms with E-state index >= 15 is 0 Å². The normalized spacial score (nSPS) is 15.2. The smallest absolute Gasteiger partial charge is 0.383 e. The number of nitrogen functional groups attached to an aromatic ring is 1. The lowest BCUT2D eigenvalue weighted by atomic mass is 10.1. The highest BCUT2D eigenvalue weighted by atomic mass is 19.4. The number of imidazole rings is 1. The topological polar surface area (TPSA) is 81.7 Å². The van der Waals surface area contributed by atoms with Gasteiger partial charge in [0, 0.05) is 17.2 Å². The molecule has 0 aliphatic heterocycles. The predicted molar refractivity (Wildman–Crippen MR) is 112 cm³/mol. The van der Waals surface area contributed by atoms with Gasteiger partial charge in [-0.1, -0.05) is 19.1 Å². The fourth-order valence-corrected chi connectivity index (χ4v) is 3.55. The highest BCUT2D eigenvalue weighted by Crippen LogP contribution is 2.48. The van der Waals surface area contributed by atoms with Crippen molar-refractivity contribution >= 4 is 28.4 Å². The minimum atomic E-state index is -4.39. The molecule has 3 N–H and O–H groups in total. The maximum atomic E-state index is 12.8. The third kappa shape index (κ3) is 3.56. The molecule has 0 bridgehead atoms. The first-order valence-corrected chi connectivity index (χ1v) is 9.80. The Kier molecular flexibility index (Phi) is 4.18. The largest absolute Gasteiger partial charge is 0.416 e. The van der Waals surface area contributed by atoms with E-state index in [2.05, 4.69) is 22.2 Å². The van der Waals surface area contributed by atoms with E-state index in [0.29, 0.717) is 17.5 Å². The number of rotatable bonds is 4. The molecule has 0 amide bonds. The number of hydrogen-bond acceptors (Lipinski definition) is 5. The highest BCUT2D eigenvalue weighted by Gasteiger charge is 2.44. The monoisotopic (exact) mass is 424 g/mol. The minimum Gasteiger partial charge on any atom is -0.383 e. The lowest BCUT2D eigenvalue weighted by Gasteiger charge is -2.14. The van der Waals surface area contributed by atoms with Crippen LogP contribution in [0.3, 0.4) is 0 Å². The zero-order chi connectivity index (χ0) is 21.8. The Morgan fingerprint density at radius 2 is 1.71 bits per heavy atom. The molecule has 1 aliphatic carbocycles. The molecule has 1 saturated carbocycles. The van der Waals surface area contributed by atoms with E-state index in [0.717, 1.165) is 41.8 Å². The summed E-state index contributed by atoms with van der Waals surface area (Å²) in [5, 5.41) is 3.02. The van der Waals surface area contributed by atoms with Gasteiger partial charge in [-0.05, 0) is 49.2 Å². The maximum Gasteiger partial charge on any atom is 0.416 e. The third-order valence-electron chi connectivity index (χ3n) is 5.52. The van der Waals surface area contributed by atoms with Crippen molar-refractivity contribution in [3.05, 3.63) is 66.0 Å². The molecule has 1 fully saturated rings. The van der Waals surface area contributed by atoms with Crippen LogP contribution in [0, 0.1) is 0 Å². The van der Waals surface area contributed by atoms with Crippen molar-refractivity contribution in [2.45, 2.75) is 31.4 Å². The molecule has 2 aromatic heterocycles. The van der Waals surface area contributed by atoms with Crippen LogP contribution in [-0.2, 0) is 11.6 Å². The van der Waals surface area contributed by atoms with E-state index in [1.54, 1.807) is 6.07 Å². The molecule has 0 radical (unpaired) electrons. The van der Waals surface area contributed by atoms with E-state index in [-0.39, 0.29) is 11.2 Å². The van der Waals surface area contributed by atoms with Crippen LogP contribution in [-0.4, -0.2) is 19.5 Å². The Morgan fingerprint density at radius 3 is 2.39 bits per heavy atom. The van der Waals surface area contributed by atoms with E-state index in [1.165, 1.54) is 12.1 Å². The fourth-order valence-electron chi connectivity index (χ4n) is 3.55. The molecule has 4 aromatic rings. The van der Waals surface area contributed by atoms with Crippen molar-refractivity contribution in [1.82, 2.24) is 19.5 Å². The van der Waals surface area contributed by atoms with Crippen molar-refractivity contribution in [3.63, 3.8) is 0 Å². The summed E-state index contributed by atoms with van der Waals surface area (Å²) < 4.78 is 40.3. The number of benzene rings is 2. The summed E-state index contributed by atoms with van der Waals surface area (Å²) in [5.74, 6) is 1.86. The van der Waals surface area contributed by atoms with Crippen LogP contribution in [0.4, 0.5) is 30.5 Å². The van der Waals surface area contributed by atoms with Crippen LogP contribution in [0.2, 0.25) is 0 Å². The summed E-state index contributed by atoms with van der Waals surface area (Å²) in [6, 6.07) is 14.0. The molecule has 2 aromatic carbocycles. The van der Waals surface area contributed by atoms with Crippen molar-refractivity contribution < 1.29 is 13.2 Å². The second kappa shape index (κ2) is 6.69. The zero-order valence-corrected chi connectivity index (χ0v) is 16.6. The van der Waals surface area contributed by atoms with Gasteiger partial charge in [0.1, 0.15) is 17.5 Å². The molecule has 158 valence electrons.